The van der Waals surface area contributed by atoms with Crippen molar-refractivity contribution in [3.63, 3.8) is 0 Å². The number of carbonyl (C=O) groups excluding carboxylic acids is 4. The first-order valence-corrected chi connectivity index (χ1v) is 6.92. The second-order valence-electron chi connectivity index (χ2n) is 5.29. The van der Waals surface area contributed by atoms with Gasteiger partial charge in [0, 0.05) is 41.5 Å². The van der Waals surface area contributed by atoms with Crippen LogP contribution in [-0.4, -0.2) is 61.1 Å². The van der Waals surface area contributed by atoms with E-state index in [4.69, 9.17) is 19.2 Å². The monoisotopic (exact) mass is 376 g/mol. The van der Waals surface area contributed by atoms with E-state index in [0.717, 1.165) is 0 Å². The minimum atomic E-state index is 0. The molecule has 6 nitrogen and oxygen atoms in total. The molecule has 0 rings (SSSR count). The Morgan fingerprint density at radius 2 is 0.625 bits per heavy atom. The zero-order valence-electron chi connectivity index (χ0n) is 15.7. The van der Waals surface area contributed by atoms with Crippen molar-refractivity contribution in [2.24, 2.45) is 0 Å². The van der Waals surface area contributed by atoms with Crippen LogP contribution in [0.1, 0.15) is 55.4 Å². The molecule has 0 bridgehead atoms. The first kappa shape index (κ1) is 38.6. The Labute approximate surface area is 160 Å². The van der Waals surface area contributed by atoms with E-state index in [1.807, 2.05) is 0 Å². The van der Waals surface area contributed by atoms with Crippen LogP contribution >= 0.6 is 0 Å². The number of hydrogen-bond acceptors (Lipinski definition) is 6. The van der Waals surface area contributed by atoms with Crippen molar-refractivity contribution in [2.45, 2.75) is 79.6 Å². The average Bonchev–Trinajstić information content (AvgIpc) is 2.54. The van der Waals surface area contributed by atoms with Gasteiger partial charge < -0.3 is 0 Å². The number of rotatable bonds is 6. The topological polar surface area (TPSA) is 74.8 Å². The third kappa shape index (κ3) is 23.4. The molecule has 10 radical (unpaired) electrons. The van der Waals surface area contributed by atoms with Gasteiger partial charge in [-0.15, -0.1) is 0 Å². The SMILES string of the molecule is CC(C)N([C]N(C(C)C)C(C)C)C(C)C.[C]=O.[C]=O.[C]=O.[C]=O.[Cr]. The molecule has 0 aliphatic heterocycles. The molecule has 0 aliphatic carbocycles. The van der Waals surface area contributed by atoms with E-state index in [1.165, 1.54) is 0 Å². The molecule has 0 atom stereocenters. The minimum absolute atomic E-state index is 0. The average molecular weight is 376 g/mol. The molecule has 0 fully saturated rings. The smallest absolute Gasteiger partial charge is 0.281 e. The van der Waals surface area contributed by atoms with Crippen molar-refractivity contribution < 1.29 is 36.5 Å². The maximum absolute atomic E-state index is 7.50. The fourth-order valence-electron chi connectivity index (χ4n) is 1.79. The Kier molecular flexibility index (Phi) is 48.4. The molecule has 24 heavy (non-hydrogen) atoms. The van der Waals surface area contributed by atoms with E-state index in [9.17, 15) is 0 Å². The Morgan fingerprint density at radius 1 is 0.500 bits per heavy atom. The summed E-state index contributed by atoms with van der Waals surface area (Å²) in [5.41, 5.74) is 0. The van der Waals surface area contributed by atoms with Crippen LogP contribution in [0.4, 0.5) is 0 Å². The van der Waals surface area contributed by atoms with Crippen molar-refractivity contribution in [3.8, 4) is 0 Å². The molecule has 0 saturated heterocycles. The van der Waals surface area contributed by atoms with Gasteiger partial charge in [0.2, 0.25) is 0 Å². The van der Waals surface area contributed by atoms with Gasteiger partial charge >= 0.3 is 0 Å². The summed E-state index contributed by atoms with van der Waals surface area (Å²) in [6.45, 7) is 39.2. The van der Waals surface area contributed by atoms with Crippen LogP contribution in [0.3, 0.4) is 0 Å². The molecule has 0 aromatic rings. The molecule has 0 amide bonds. The van der Waals surface area contributed by atoms with Crippen molar-refractivity contribution in [2.75, 3.05) is 0 Å². The number of hydrogen-bond donors (Lipinski definition) is 0. The van der Waals surface area contributed by atoms with Crippen molar-refractivity contribution >= 4 is 27.2 Å². The normalized spacial score (nSPS) is 8.92. The maximum Gasteiger partial charge on any atom is 0.281 e. The fraction of sp³-hybridized carbons (Fsp3) is 0.706. The Morgan fingerprint density at radius 3 is 0.708 bits per heavy atom. The molecule has 136 valence electrons. The predicted molar refractivity (Wildman–Crippen MR) is 90.2 cm³/mol. The van der Waals surface area contributed by atoms with E-state index in [-0.39, 0.29) is 17.4 Å². The second kappa shape index (κ2) is 30.1. The quantitative estimate of drug-likeness (QED) is 0.656. The minimum Gasteiger partial charge on any atom is -0.281 e. The molecular formula is C17H28CrN2O4. The third-order valence-corrected chi connectivity index (χ3v) is 2.46. The van der Waals surface area contributed by atoms with Gasteiger partial charge in [-0.1, -0.05) is 0 Å². The Hall–Kier alpha value is -0.868. The summed E-state index contributed by atoms with van der Waals surface area (Å²) in [5.74, 6) is 0. The fourth-order valence-corrected chi connectivity index (χ4v) is 1.79. The van der Waals surface area contributed by atoms with E-state index in [0.29, 0.717) is 24.2 Å². The largest absolute Gasteiger partial charge is 0.281 e. The van der Waals surface area contributed by atoms with Crippen LogP contribution < -0.4 is 0 Å². The Bertz CT molecular complexity index is 189. The molecule has 0 spiro atoms. The van der Waals surface area contributed by atoms with E-state index >= 15 is 0 Å². The number of nitrogens with zero attached hydrogens (tertiary/aromatic N) is 2. The summed E-state index contributed by atoms with van der Waals surface area (Å²) in [7, 11) is 0. The second-order valence-corrected chi connectivity index (χ2v) is 5.29. The Balaban J connectivity index is -0.0000000782. The van der Waals surface area contributed by atoms with Crippen LogP contribution in [0, 0.1) is 6.67 Å². The zero-order chi connectivity index (χ0) is 20.2. The summed E-state index contributed by atoms with van der Waals surface area (Å²) in [5, 5.41) is 0. The van der Waals surface area contributed by atoms with Crippen LogP contribution in [0.15, 0.2) is 0 Å². The third-order valence-electron chi connectivity index (χ3n) is 2.46. The van der Waals surface area contributed by atoms with Gasteiger partial charge in [-0.05, 0) is 55.4 Å². The predicted octanol–water partition coefficient (Wildman–Crippen LogP) is 1.63. The molecule has 0 aromatic carbocycles. The van der Waals surface area contributed by atoms with Gasteiger partial charge in [-0.2, -0.15) is 0 Å². The summed E-state index contributed by atoms with van der Waals surface area (Å²) in [4.78, 5) is 34.6. The molecule has 7 heteroatoms. The van der Waals surface area contributed by atoms with E-state index < -0.39 is 0 Å². The van der Waals surface area contributed by atoms with Crippen molar-refractivity contribution in [1.29, 1.82) is 0 Å². The van der Waals surface area contributed by atoms with Gasteiger partial charge in [-0.25, -0.2) is 0 Å². The van der Waals surface area contributed by atoms with Crippen LogP contribution in [-0.2, 0) is 36.5 Å². The molecular weight excluding hydrogens is 348 g/mol. The summed E-state index contributed by atoms with van der Waals surface area (Å²) < 4.78 is 0. The zero-order valence-corrected chi connectivity index (χ0v) is 17.0. The van der Waals surface area contributed by atoms with Crippen molar-refractivity contribution in [1.82, 2.24) is 9.80 Å². The van der Waals surface area contributed by atoms with Crippen LogP contribution in [0.2, 0.25) is 0 Å². The maximum atomic E-state index is 7.50. The molecule has 0 saturated carbocycles. The van der Waals surface area contributed by atoms with Gasteiger partial charge in [0.05, 0.1) is 0 Å². The van der Waals surface area contributed by atoms with Gasteiger partial charge in [0.15, 0.2) is 0 Å². The summed E-state index contributed by atoms with van der Waals surface area (Å²) in [6, 6.07) is 2.02. The van der Waals surface area contributed by atoms with Gasteiger partial charge in [-0.3, -0.25) is 29.0 Å². The van der Waals surface area contributed by atoms with E-state index in [1.54, 1.807) is 0 Å². The van der Waals surface area contributed by atoms with Crippen LogP contribution in [0.5, 0.6) is 0 Å². The van der Waals surface area contributed by atoms with Gasteiger partial charge in [0.1, 0.15) is 6.67 Å². The summed E-state index contributed by atoms with van der Waals surface area (Å²) in [6.07, 6.45) is 0. The molecule has 0 aromatic heterocycles. The summed E-state index contributed by atoms with van der Waals surface area (Å²) >= 11 is 0. The first-order chi connectivity index (χ1) is 10.8. The molecule has 0 N–H and O–H groups in total. The standard InChI is InChI=1S/C13H28N2.4CO.Cr/c1-10(2)14(11(3)4)9-15(12(5)6)13(7)8;4*1-2;/h10-13H,1-8H3;;;;;. The van der Waals surface area contributed by atoms with Gasteiger partial charge in [0.25, 0.3) is 27.2 Å². The molecule has 0 heterocycles. The first-order valence-electron chi connectivity index (χ1n) is 6.92. The molecule has 0 unspecified atom stereocenters. The van der Waals surface area contributed by atoms with Crippen LogP contribution in [0.25, 0.3) is 0 Å². The molecule has 0 aliphatic rings. The van der Waals surface area contributed by atoms with Crippen molar-refractivity contribution in [3.05, 3.63) is 6.67 Å². The van der Waals surface area contributed by atoms with E-state index in [2.05, 4.69) is 99.0 Å².